The van der Waals surface area contributed by atoms with Crippen LogP contribution in [0.3, 0.4) is 0 Å². The van der Waals surface area contributed by atoms with Gasteiger partial charge < -0.3 is 0 Å². The molecule has 25 heavy (non-hydrogen) atoms. The summed E-state index contributed by atoms with van der Waals surface area (Å²) in [6, 6.07) is 20.5. The highest BCUT2D eigenvalue weighted by Gasteiger charge is 2.06. The minimum Gasteiger partial charge on any atom is -0.266 e. The van der Waals surface area contributed by atoms with E-state index in [0.717, 1.165) is 33.8 Å². The largest absolute Gasteiger partial charge is 0.266 e. The molecule has 0 aliphatic rings. The molecule has 3 heterocycles. The van der Waals surface area contributed by atoms with Crippen LogP contribution in [0.2, 0.25) is 0 Å². The molecule has 0 saturated carbocycles. The van der Waals surface area contributed by atoms with Gasteiger partial charge in [-0.25, -0.2) is 0 Å². The molecule has 1 aromatic carbocycles. The second-order valence-corrected chi connectivity index (χ2v) is 5.99. The Morgan fingerprint density at radius 3 is 2.56 bits per heavy atom. The quantitative estimate of drug-likeness (QED) is 0.559. The standard InChI is InChI=1S/C21H18N4/c1-16-5-2-9-20(23-16)15-25-12-10-21(24-25)18-7-3-6-17(13-18)19-8-4-11-22-14-19/h2-14H,15H2,1H3. The minimum atomic E-state index is 0.671. The van der Waals surface area contributed by atoms with E-state index in [1.165, 1.54) is 0 Å². The van der Waals surface area contributed by atoms with Crippen molar-refractivity contribution < 1.29 is 0 Å². The summed E-state index contributed by atoms with van der Waals surface area (Å²) in [5.41, 5.74) is 6.33. The fourth-order valence-corrected chi connectivity index (χ4v) is 2.85. The zero-order chi connectivity index (χ0) is 17.1. The van der Waals surface area contributed by atoms with Gasteiger partial charge in [0.15, 0.2) is 0 Å². The molecular formula is C21H18N4. The Hall–Kier alpha value is -3.27. The maximum Gasteiger partial charge on any atom is 0.0923 e. The predicted molar refractivity (Wildman–Crippen MR) is 99.0 cm³/mol. The number of rotatable bonds is 4. The topological polar surface area (TPSA) is 43.6 Å². The van der Waals surface area contributed by atoms with Crippen molar-refractivity contribution in [1.29, 1.82) is 0 Å². The molecular weight excluding hydrogens is 308 g/mol. The van der Waals surface area contributed by atoms with Crippen molar-refractivity contribution in [2.45, 2.75) is 13.5 Å². The van der Waals surface area contributed by atoms with Crippen molar-refractivity contribution in [2.75, 3.05) is 0 Å². The van der Waals surface area contributed by atoms with Gasteiger partial charge >= 0.3 is 0 Å². The van der Waals surface area contributed by atoms with Crippen molar-refractivity contribution in [1.82, 2.24) is 19.7 Å². The van der Waals surface area contributed by atoms with Crippen LogP contribution in [-0.4, -0.2) is 19.7 Å². The molecule has 4 heteroatoms. The Labute approximate surface area is 146 Å². The van der Waals surface area contributed by atoms with Gasteiger partial charge in [0.1, 0.15) is 0 Å². The molecule has 0 amide bonds. The predicted octanol–water partition coefficient (Wildman–Crippen LogP) is 4.36. The molecule has 0 atom stereocenters. The average Bonchev–Trinajstić information content (AvgIpc) is 3.11. The van der Waals surface area contributed by atoms with E-state index in [0.29, 0.717) is 6.54 Å². The normalized spacial score (nSPS) is 10.8. The first-order valence-electron chi connectivity index (χ1n) is 8.25. The number of aromatic nitrogens is 4. The summed E-state index contributed by atoms with van der Waals surface area (Å²) in [7, 11) is 0. The number of nitrogens with zero attached hydrogens (tertiary/aromatic N) is 4. The van der Waals surface area contributed by atoms with Crippen LogP contribution in [0.5, 0.6) is 0 Å². The van der Waals surface area contributed by atoms with E-state index in [-0.39, 0.29) is 0 Å². The Balaban J connectivity index is 1.60. The third kappa shape index (κ3) is 3.48. The van der Waals surface area contributed by atoms with Gasteiger partial charge in [-0.2, -0.15) is 5.10 Å². The number of aryl methyl sites for hydroxylation is 1. The zero-order valence-electron chi connectivity index (χ0n) is 14.0. The van der Waals surface area contributed by atoms with Crippen LogP contribution in [0, 0.1) is 6.92 Å². The van der Waals surface area contributed by atoms with Gasteiger partial charge in [-0.3, -0.25) is 14.6 Å². The van der Waals surface area contributed by atoms with E-state index in [4.69, 9.17) is 5.10 Å². The highest BCUT2D eigenvalue weighted by atomic mass is 15.3. The van der Waals surface area contributed by atoms with Crippen molar-refractivity contribution in [2.24, 2.45) is 0 Å². The first-order chi connectivity index (χ1) is 12.3. The van der Waals surface area contributed by atoms with Gasteiger partial charge in [0.2, 0.25) is 0 Å². The smallest absolute Gasteiger partial charge is 0.0923 e. The molecule has 4 rings (SSSR count). The summed E-state index contributed by atoms with van der Waals surface area (Å²) in [6.45, 7) is 2.67. The summed E-state index contributed by atoms with van der Waals surface area (Å²) in [4.78, 5) is 8.73. The second-order valence-electron chi connectivity index (χ2n) is 5.99. The Morgan fingerprint density at radius 2 is 1.72 bits per heavy atom. The van der Waals surface area contributed by atoms with Gasteiger partial charge in [0, 0.05) is 35.4 Å². The lowest BCUT2D eigenvalue weighted by molar-refractivity contribution is 0.673. The van der Waals surface area contributed by atoms with Crippen LogP contribution < -0.4 is 0 Å². The van der Waals surface area contributed by atoms with Crippen LogP contribution in [0.4, 0.5) is 0 Å². The van der Waals surface area contributed by atoms with Gasteiger partial charge in [-0.15, -0.1) is 0 Å². The zero-order valence-corrected chi connectivity index (χ0v) is 14.0. The van der Waals surface area contributed by atoms with Gasteiger partial charge in [-0.05, 0) is 42.8 Å². The fourth-order valence-electron chi connectivity index (χ4n) is 2.85. The minimum absolute atomic E-state index is 0.671. The lowest BCUT2D eigenvalue weighted by Crippen LogP contribution is -2.03. The van der Waals surface area contributed by atoms with Crippen LogP contribution in [0.15, 0.2) is 79.3 Å². The summed E-state index contributed by atoms with van der Waals surface area (Å²) < 4.78 is 1.92. The lowest BCUT2D eigenvalue weighted by Gasteiger charge is -2.04. The monoisotopic (exact) mass is 326 g/mol. The molecule has 122 valence electrons. The van der Waals surface area contributed by atoms with Crippen molar-refractivity contribution in [3.8, 4) is 22.4 Å². The van der Waals surface area contributed by atoms with Crippen LogP contribution in [0.25, 0.3) is 22.4 Å². The highest BCUT2D eigenvalue weighted by Crippen LogP contribution is 2.24. The molecule has 0 saturated heterocycles. The molecule has 4 nitrogen and oxygen atoms in total. The number of benzene rings is 1. The van der Waals surface area contributed by atoms with E-state index in [2.05, 4.69) is 40.3 Å². The average molecular weight is 326 g/mol. The maximum atomic E-state index is 4.70. The molecule has 0 aliphatic heterocycles. The molecule has 0 aliphatic carbocycles. The molecule has 0 fully saturated rings. The third-order valence-electron chi connectivity index (χ3n) is 4.06. The first kappa shape index (κ1) is 15.3. The molecule has 0 spiro atoms. The highest BCUT2D eigenvalue weighted by molar-refractivity contribution is 5.70. The van der Waals surface area contributed by atoms with Crippen molar-refractivity contribution >= 4 is 0 Å². The Bertz CT molecular complexity index is 989. The molecule has 0 N–H and O–H groups in total. The number of pyridine rings is 2. The summed E-state index contributed by atoms with van der Waals surface area (Å²) >= 11 is 0. The Morgan fingerprint density at radius 1 is 0.880 bits per heavy atom. The van der Waals surface area contributed by atoms with Crippen LogP contribution in [0.1, 0.15) is 11.4 Å². The van der Waals surface area contributed by atoms with Gasteiger partial charge in [-0.1, -0.05) is 30.3 Å². The molecule has 0 bridgehead atoms. The first-order valence-corrected chi connectivity index (χ1v) is 8.25. The van der Waals surface area contributed by atoms with E-state index in [1.54, 1.807) is 6.20 Å². The number of hydrogen-bond acceptors (Lipinski definition) is 3. The van der Waals surface area contributed by atoms with E-state index >= 15 is 0 Å². The molecule has 0 unspecified atom stereocenters. The fraction of sp³-hybridized carbons (Fsp3) is 0.0952. The maximum absolute atomic E-state index is 4.70. The van der Waals surface area contributed by atoms with Crippen molar-refractivity contribution in [3.63, 3.8) is 0 Å². The Kier molecular flexibility index (Phi) is 4.09. The van der Waals surface area contributed by atoms with Crippen LogP contribution in [-0.2, 0) is 6.54 Å². The molecule has 3 aromatic heterocycles. The van der Waals surface area contributed by atoms with Gasteiger partial charge in [0.25, 0.3) is 0 Å². The van der Waals surface area contributed by atoms with E-state index in [9.17, 15) is 0 Å². The van der Waals surface area contributed by atoms with Gasteiger partial charge in [0.05, 0.1) is 17.9 Å². The second kappa shape index (κ2) is 6.69. The molecule has 0 radical (unpaired) electrons. The van der Waals surface area contributed by atoms with E-state index in [1.807, 2.05) is 54.3 Å². The van der Waals surface area contributed by atoms with Crippen LogP contribution >= 0.6 is 0 Å². The van der Waals surface area contributed by atoms with E-state index < -0.39 is 0 Å². The summed E-state index contributed by atoms with van der Waals surface area (Å²) in [5.74, 6) is 0. The lowest BCUT2D eigenvalue weighted by atomic mass is 10.0. The molecule has 4 aromatic rings. The SMILES string of the molecule is Cc1cccc(Cn2ccc(-c3cccc(-c4cccnc4)c3)n2)n1. The third-order valence-corrected chi connectivity index (χ3v) is 4.06. The number of hydrogen-bond donors (Lipinski definition) is 0. The van der Waals surface area contributed by atoms with Crippen molar-refractivity contribution in [3.05, 3.63) is 90.6 Å². The summed E-state index contributed by atoms with van der Waals surface area (Å²) in [5, 5.41) is 4.70. The summed E-state index contributed by atoms with van der Waals surface area (Å²) in [6.07, 6.45) is 5.66.